The lowest BCUT2D eigenvalue weighted by atomic mass is 10.1. The highest BCUT2D eigenvalue weighted by atomic mass is 14.0. The van der Waals surface area contributed by atoms with Gasteiger partial charge in [0.1, 0.15) is 0 Å². The van der Waals surface area contributed by atoms with Gasteiger partial charge in [0.05, 0.1) is 11.1 Å². The van der Waals surface area contributed by atoms with Crippen molar-refractivity contribution in [3.8, 4) is 0 Å². The van der Waals surface area contributed by atoms with E-state index in [1.54, 1.807) is 0 Å². The molecule has 0 atom stereocenters. The summed E-state index contributed by atoms with van der Waals surface area (Å²) in [7, 11) is 0. The summed E-state index contributed by atoms with van der Waals surface area (Å²) in [4.78, 5) is 0. The molecule has 2 rings (SSSR count). The summed E-state index contributed by atoms with van der Waals surface area (Å²) in [5.41, 5.74) is 2.49. The third-order valence-corrected chi connectivity index (χ3v) is 1.93. The van der Waals surface area contributed by atoms with E-state index < -0.39 is 0 Å². The molecule has 0 heteroatoms. The van der Waals surface area contributed by atoms with Crippen LogP contribution in [0.15, 0.2) is 60.7 Å². The van der Waals surface area contributed by atoms with Crippen molar-refractivity contribution in [2.24, 2.45) is 0 Å². The molecule has 0 aliphatic carbocycles. The number of hydrogen-bond acceptors (Lipinski definition) is 0. The second-order valence-electron chi connectivity index (χ2n) is 2.97. The third kappa shape index (κ3) is 2.12. The molecule has 13 heavy (non-hydrogen) atoms. The van der Waals surface area contributed by atoms with Crippen LogP contribution in [0, 0.1) is 6.42 Å². The highest BCUT2D eigenvalue weighted by Crippen LogP contribution is 2.10. The summed E-state index contributed by atoms with van der Waals surface area (Å²) >= 11 is 0. The van der Waals surface area contributed by atoms with Gasteiger partial charge < -0.3 is 0 Å². The van der Waals surface area contributed by atoms with Crippen molar-refractivity contribution in [3.63, 3.8) is 0 Å². The van der Waals surface area contributed by atoms with Gasteiger partial charge in [-0.25, -0.2) is 0 Å². The van der Waals surface area contributed by atoms with Crippen LogP contribution < -0.4 is 0 Å². The molecule has 2 aromatic carbocycles. The summed E-state index contributed by atoms with van der Waals surface area (Å²) < 4.78 is 0. The molecule has 0 bridgehead atoms. The minimum atomic E-state index is 1.24. The topological polar surface area (TPSA) is 0 Å². The zero-order valence-corrected chi connectivity index (χ0v) is 7.35. The summed E-state index contributed by atoms with van der Waals surface area (Å²) in [5.74, 6) is 0. The number of rotatable bonds is 2. The van der Waals surface area contributed by atoms with Crippen molar-refractivity contribution in [3.05, 3.63) is 78.2 Å². The first-order chi connectivity index (χ1) is 6.45. The highest BCUT2D eigenvalue weighted by molar-refractivity contribution is 5.36. The third-order valence-electron chi connectivity index (χ3n) is 1.93. The second kappa shape index (κ2) is 3.81. The van der Waals surface area contributed by atoms with Gasteiger partial charge in [-0.1, -0.05) is 0 Å². The Kier molecular flexibility index (Phi) is 2.33. The fourth-order valence-corrected chi connectivity index (χ4v) is 1.29. The Bertz CT molecular complexity index is 311. The highest BCUT2D eigenvalue weighted by Gasteiger charge is 2.00. The van der Waals surface area contributed by atoms with Crippen LogP contribution in [-0.4, -0.2) is 0 Å². The molecule has 0 aliphatic heterocycles. The molecule has 0 heterocycles. The summed E-state index contributed by atoms with van der Waals surface area (Å²) in [5, 5.41) is 0. The summed E-state index contributed by atoms with van der Waals surface area (Å²) in [6.07, 6.45) is 2.17. The molecule has 0 saturated heterocycles. The molecule has 0 unspecified atom stereocenters. The Hall–Kier alpha value is -1.69. The van der Waals surface area contributed by atoms with Crippen molar-refractivity contribution < 1.29 is 0 Å². The van der Waals surface area contributed by atoms with Gasteiger partial charge in [-0.15, -0.1) is 0 Å². The molecular weight excluding hydrogens is 156 g/mol. The van der Waals surface area contributed by atoms with Crippen LogP contribution in [0.3, 0.4) is 0 Å². The largest absolute Gasteiger partial charge is 0.0725 e. The Labute approximate surface area is 78.9 Å². The summed E-state index contributed by atoms with van der Waals surface area (Å²) in [6, 6.07) is 20.7. The average molecular weight is 167 g/mol. The van der Waals surface area contributed by atoms with Crippen LogP contribution in [0.4, 0.5) is 0 Å². The van der Waals surface area contributed by atoms with E-state index in [4.69, 9.17) is 0 Å². The molecule has 0 amide bonds. The van der Waals surface area contributed by atoms with Crippen LogP contribution in [-0.2, 0) is 0 Å². The van der Waals surface area contributed by atoms with Crippen LogP contribution >= 0.6 is 0 Å². The normalized spacial score (nSPS) is 9.54. The number of benzene rings is 2. The van der Waals surface area contributed by atoms with Gasteiger partial charge in [-0.2, -0.15) is 0 Å². The minimum Gasteiger partial charge on any atom is -0.0465 e. The quantitative estimate of drug-likeness (QED) is 0.602. The van der Waals surface area contributed by atoms with Gasteiger partial charge in [0.15, 0.2) is 0 Å². The maximum absolute atomic E-state index is 2.17. The van der Waals surface area contributed by atoms with E-state index in [-0.39, 0.29) is 0 Å². The van der Waals surface area contributed by atoms with E-state index in [0.717, 1.165) is 0 Å². The maximum Gasteiger partial charge on any atom is 0.0725 e. The molecule has 0 radical (unpaired) electrons. The first-order valence-electron chi connectivity index (χ1n) is 4.40. The van der Waals surface area contributed by atoms with Crippen molar-refractivity contribution in [1.82, 2.24) is 0 Å². The molecule has 0 fully saturated rings. The van der Waals surface area contributed by atoms with Crippen molar-refractivity contribution in [2.75, 3.05) is 0 Å². The molecule has 0 aliphatic rings. The Morgan fingerprint density at radius 3 is 1.31 bits per heavy atom. The molecule has 2 aromatic rings. The van der Waals surface area contributed by atoms with Crippen LogP contribution in [0.25, 0.3) is 0 Å². The van der Waals surface area contributed by atoms with Crippen molar-refractivity contribution in [1.29, 1.82) is 0 Å². The molecule has 0 spiro atoms. The Morgan fingerprint density at radius 2 is 0.923 bits per heavy atom. The van der Waals surface area contributed by atoms with E-state index in [1.165, 1.54) is 11.1 Å². The monoisotopic (exact) mass is 167 g/mol. The standard InChI is InChI=1S/C13H11/c1-3-7-12(8-4-1)11-13-9-5-2-6-10-13/h1-11H/q+1. The van der Waals surface area contributed by atoms with Crippen molar-refractivity contribution in [2.45, 2.75) is 0 Å². The van der Waals surface area contributed by atoms with E-state index >= 15 is 0 Å². The van der Waals surface area contributed by atoms with E-state index in [9.17, 15) is 0 Å². The minimum absolute atomic E-state index is 1.24. The Balaban J connectivity index is 2.16. The SMILES string of the molecule is c1ccc([CH+]c2ccccc2)cc1. The predicted octanol–water partition coefficient (Wildman–Crippen LogP) is 3.29. The molecule has 62 valence electrons. The van der Waals surface area contributed by atoms with Crippen LogP contribution in [0.1, 0.15) is 11.1 Å². The lowest BCUT2D eigenvalue weighted by molar-refractivity contribution is 1.43. The maximum atomic E-state index is 2.17. The average Bonchev–Trinajstić information content (AvgIpc) is 2.21. The zero-order chi connectivity index (χ0) is 8.93. The van der Waals surface area contributed by atoms with E-state index in [1.807, 2.05) is 12.1 Å². The van der Waals surface area contributed by atoms with E-state index in [2.05, 4.69) is 55.0 Å². The van der Waals surface area contributed by atoms with E-state index in [0.29, 0.717) is 0 Å². The summed E-state index contributed by atoms with van der Waals surface area (Å²) in [6.45, 7) is 0. The van der Waals surface area contributed by atoms with Gasteiger partial charge in [-0.3, -0.25) is 0 Å². The predicted molar refractivity (Wildman–Crippen MR) is 55.4 cm³/mol. The van der Waals surface area contributed by atoms with Crippen LogP contribution in [0.2, 0.25) is 0 Å². The Morgan fingerprint density at radius 1 is 0.538 bits per heavy atom. The first kappa shape index (κ1) is 7.93. The smallest absolute Gasteiger partial charge is 0.0465 e. The second-order valence-corrected chi connectivity index (χ2v) is 2.97. The van der Waals surface area contributed by atoms with Crippen LogP contribution in [0.5, 0.6) is 0 Å². The molecule has 0 nitrogen and oxygen atoms in total. The fraction of sp³-hybridized carbons (Fsp3) is 0. The lowest BCUT2D eigenvalue weighted by Gasteiger charge is -1.92. The first-order valence-corrected chi connectivity index (χ1v) is 4.40. The molecular formula is C13H11+. The van der Waals surface area contributed by atoms with Gasteiger partial charge in [0.25, 0.3) is 0 Å². The number of hydrogen-bond donors (Lipinski definition) is 0. The zero-order valence-electron chi connectivity index (χ0n) is 7.35. The molecule has 0 aromatic heterocycles. The molecule has 0 saturated carbocycles. The fourth-order valence-electron chi connectivity index (χ4n) is 1.29. The van der Waals surface area contributed by atoms with Gasteiger partial charge in [0.2, 0.25) is 0 Å². The van der Waals surface area contributed by atoms with Gasteiger partial charge >= 0.3 is 0 Å². The lowest BCUT2D eigenvalue weighted by Crippen LogP contribution is -1.82. The van der Waals surface area contributed by atoms with Crippen molar-refractivity contribution >= 4 is 0 Å². The van der Waals surface area contributed by atoms with Gasteiger partial charge in [0, 0.05) is 30.7 Å². The van der Waals surface area contributed by atoms with Gasteiger partial charge in [-0.05, 0) is 36.4 Å². The molecule has 0 N–H and O–H groups in total.